The van der Waals surface area contributed by atoms with Gasteiger partial charge in [0.25, 0.3) is 5.91 Å². The maximum Gasteiger partial charge on any atom is 0.308 e. The number of nitrogens with zero attached hydrogens (tertiary/aromatic N) is 2. The molecular weight excluding hydrogens is 412 g/mol. The fraction of sp³-hybridized carbons (Fsp3) is 0.150. The van der Waals surface area contributed by atoms with Gasteiger partial charge < -0.3 is 9.47 Å². The number of rotatable bonds is 4. The number of methoxy groups -OCH3 is 1. The molecule has 7 heteroatoms. The number of para-hydroxylation sites is 1. The molecule has 0 aromatic heterocycles. The van der Waals surface area contributed by atoms with Crippen LogP contribution in [0.25, 0.3) is 6.08 Å². The predicted octanol–water partition coefficient (Wildman–Crippen LogP) is 4.19. The van der Waals surface area contributed by atoms with Gasteiger partial charge in [0.2, 0.25) is 0 Å². The molecule has 0 unspecified atom stereocenters. The zero-order chi connectivity index (χ0) is 19.6. The number of hydrogen-bond donors (Lipinski definition) is 0. The van der Waals surface area contributed by atoms with Crippen molar-refractivity contribution < 1.29 is 19.1 Å². The molecule has 1 aliphatic heterocycles. The minimum Gasteiger partial charge on any atom is -0.493 e. The van der Waals surface area contributed by atoms with Gasteiger partial charge in [-0.1, -0.05) is 18.2 Å². The Morgan fingerprint density at radius 2 is 1.93 bits per heavy atom. The number of benzene rings is 2. The Kier molecular flexibility index (Phi) is 5.41. The van der Waals surface area contributed by atoms with Crippen molar-refractivity contribution in [3.63, 3.8) is 0 Å². The van der Waals surface area contributed by atoms with Gasteiger partial charge in [0, 0.05) is 6.92 Å². The van der Waals surface area contributed by atoms with Gasteiger partial charge in [-0.15, -0.1) is 0 Å². The third kappa shape index (κ3) is 3.93. The molecule has 6 nitrogen and oxygen atoms in total. The van der Waals surface area contributed by atoms with E-state index in [1.807, 2.05) is 30.3 Å². The molecule has 1 aliphatic rings. The Morgan fingerprint density at radius 3 is 2.56 bits per heavy atom. The first-order valence-corrected chi connectivity index (χ1v) is 8.92. The highest BCUT2D eigenvalue weighted by molar-refractivity contribution is 9.10. The molecule has 3 rings (SSSR count). The Hall–Kier alpha value is -2.93. The topological polar surface area (TPSA) is 68.2 Å². The number of halogens is 1. The summed E-state index contributed by atoms with van der Waals surface area (Å²) in [5.41, 5.74) is 2.51. The molecule has 27 heavy (non-hydrogen) atoms. The van der Waals surface area contributed by atoms with Crippen molar-refractivity contribution in [3.8, 4) is 11.5 Å². The lowest BCUT2D eigenvalue weighted by molar-refractivity contribution is -0.132. The van der Waals surface area contributed by atoms with Crippen LogP contribution in [-0.4, -0.2) is 24.7 Å². The van der Waals surface area contributed by atoms with Crippen molar-refractivity contribution >= 4 is 45.3 Å². The number of ether oxygens (including phenoxy) is 2. The molecule has 2 aromatic carbocycles. The average molecular weight is 429 g/mol. The molecule has 0 radical (unpaired) electrons. The van der Waals surface area contributed by atoms with Gasteiger partial charge >= 0.3 is 5.97 Å². The molecule has 1 heterocycles. The van der Waals surface area contributed by atoms with Crippen molar-refractivity contribution in [1.82, 2.24) is 0 Å². The van der Waals surface area contributed by atoms with Gasteiger partial charge in [0.1, 0.15) is 0 Å². The molecule has 138 valence electrons. The largest absolute Gasteiger partial charge is 0.493 e. The second-order valence-corrected chi connectivity index (χ2v) is 6.68. The Bertz CT molecular complexity index is 967. The van der Waals surface area contributed by atoms with Crippen LogP contribution >= 0.6 is 15.9 Å². The number of carbonyl (C=O) groups is 2. The fourth-order valence-corrected chi connectivity index (χ4v) is 3.20. The highest BCUT2D eigenvalue weighted by atomic mass is 79.9. The number of hydrogen-bond acceptors (Lipinski definition) is 5. The first kappa shape index (κ1) is 18.8. The van der Waals surface area contributed by atoms with E-state index in [1.54, 1.807) is 25.1 Å². The van der Waals surface area contributed by atoms with E-state index in [4.69, 9.17) is 9.47 Å². The lowest BCUT2D eigenvalue weighted by Crippen LogP contribution is -2.21. The monoisotopic (exact) mass is 428 g/mol. The molecule has 0 saturated heterocycles. The molecule has 0 aliphatic carbocycles. The summed E-state index contributed by atoms with van der Waals surface area (Å²) in [4.78, 5) is 24.1. The lowest BCUT2D eigenvalue weighted by Gasteiger charge is -2.12. The normalized spacial score (nSPS) is 15.1. The predicted molar refractivity (Wildman–Crippen MR) is 107 cm³/mol. The van der Waals surface area contributed by atoms with E-state index in [9.17, 15) is 9.59 Å². The summed E-state index contributed by atoms with van der Waals surface area (Å²) in [5.74, 6) is 0.0120. The quantitative estimate of drug-likeness (QED) is 0.415. The first-order valence-electron chi connectivity index (χ1n) is 8.13. The highest BCUT2D eigenvalue weighted by Gasteiger charge is 2.28. The van der Waals surface area contributed by atoms with Gasteiger partial charge in [-0.25, -0.2) is 0 Å². The third-order valence-corrected chi connectivity index (χ3v) is 4.46. The van der Waals surface area contributed by atoms with Crippen LogP contribution in [0.15, 0.2) is 57.6 Å². The van der Waals surface area contributed by atoms with E-state index in [-0.39, 0.29) is 5.91 Å². The summed E-state index contributed by atoms with van der Waals surface area (Å²) >= 11 is 3.38. The van der Waals surface area contributed by atoms with Crippen LogP contribution in [0, 0.1) is 0 Å². The van der Waals surface area contributed by atoms with E-state index < -0.39 is 5.97 Å². The van der Waals surface area contributed by atoms with Crippen LogP contribution in [0.3, 0.4) is 0 Å². The Balaban J connectivity index is 1.97. The third-order valence-electron chi connectivity index (χ3n) is 3.87. The smallest absolute Gasteiger partial charge is 0.308 e. The van der Waals surface area contributed by atoms with Gasteiger partial charge in [0.15, 0.2) is 11.5 Å². The molecule has 0 saturated carbocycles. The SMILES string of the molecule is COc1cc(/C=C2/C(=O)N(c3ccccc3)N=C2C)cc(Br)c1OC(C)=O. The molecule has 0 spiro atoms. The fourth-order valence-electron chi connectivity index (χ4n) is 2.66. The maximum atomic E-state index is 12.8. The zero-order valence-electron chi connectivity index (χ0n) is 15.0. The number of amides is 1. The van der Waals surface area contributed by atoms with Crippen LogP contribution in [-0.2, 0) is 9.59 Å². The second kappa shape index (κ2) is 7.75. The average Bonchev–Trinajstić information content (AvgIpc) is 2.92. The highest BCUT2D eigenvalue weighted by Crippen LogP contribution is 2.37. The molecule has 0 N–H and O–H groups in total. The van der Waals surface area contributed by atoms with Crippen molar-refractivity contribution in [2.24, 2.45) is 5.10 Å². The number of anilines is 1. The van der Waals surface area contributed by atoms with Crippen LogP contribution in [0.2, 0.25) is 0 Å². The Labute approximate surface area is 165 Å². The summed E-state index contributed by atoms with van der Waals surface area (Å²) in [5, 5.41) is 5.73. The minimum atomic E-state index is -0.451. The number of esters is 1. The molecule has 0 atom stereocenters. The lowest BCUT2D eigenvalue weighted by atomic mass is 10.1. The summed E-state index contributed by atoms with van der Waals surface area (Å²) in [6.07, 6.45) is 1.73. The maximum absolute atomic E-state index is 12.8. The van der Waals surface area contributed by atoms with Crippen molar-refractivity contribution in [2.45, 2.75) is 13.8 Å². The molecule has 1 amide bonds. The van der Waals surface area contributed by atoms with Crippen molar-refractivity contribution in [2.75, 3.05) is 12.1 Å². The number of hydrazone groups is 1. The second-order valence-electron chi connectivity index (χ2n) is 5.82. The van der Waals surface area contributed by atoms with Crippen molar-refractivity contribution in [3.05, 3.63) is 58.1 Å². The van der Waals surface area contributed by atoms with Crippen LogP contribution < -0.4 is 14.5 Å². The van der Waals surface area contributed by atoms with Gasteiger partial charge in [-0.3, -0.25) is 9.59 Å². The summed E-state index contributed by atoms with van der Waals surface area (Å²) in [6, 6.07) is 12.7. The van der Waals surface area contributed by atoms with E-state index in [2.05, 4.69) is 21.0 Å². The minimum absolute atomic E-state index is 0.210. The zero-order valence-corrected chi connectivity index (χ0v) is 16.6. The summed E-state index contributed by atoms with van der Waals surface area (Å²) in [7, 11) is 1.48. The van der Waals surface area contributed by atoms with E-state index in [0.29, 0.717) is 38.5 Å². The molecule has 0 fully saturated rings. The molecular formula is C20H17BrN2O4. The molecule has 0 bridgehead atoms. The van der Waals surface area contributed by atoms with Crippen molar-refractivity contribution in [1.29, 1.82) is 0 Å². The summed E-state index contributed by atoms with van der Waals surface area (Å²) in [6.45, 7) is 3.10. The van der Waals surface area contributed by atoms with Gasteiger partial charge in [-0.2, -0.15) is 10.1 Å². The van der Waals surface area contributed by atoms with Gasteiger partial charge in [-0.05, 0) is 58.8 Å². The van der Waals surface area contributed by atoms with Crippen LogP contribution in [0.1, 0.15) is 19.4 Å². The summed E-state index contributed by atoms with van der Waals surface area (Å²) < 4.78 is 11.0. The Morgan fingerprint density at radius 1 is 1.22 bits per heavy atom. The molecule has 2 aromatic rings. The van der Waals surface area contributed by atoms with E-state index in [1.165, 1.54) is 19.0 Å². The van der Waals surface area contributed by atoms with Crippen LogP contribution in [0.5, 0.6) is 11.5 Å². The number of carbonyl (C=O) groups excluding carboxylic acids is 2. The standard InChI is InChI=1S/C20H17BrN2O4/c1-12-16(20(25)23(22-12)15-7-5-4-6-8-15)9-14-10-17(21)19(27-13(2)24)18(11-14)26-3/h4-11H,1-3H3/b16-9+. The first-order chi connectivity index (χ1) is 12.9. The van der Waals surface area contributed by atoms with E-state index in [0.717, 1.165) is 0 Å². The van der Waals surface area contributed by atoms with Crippen LogP contribution in [0.4, 0.5) is 5.69 Å². The van der Waals surface area contributed by atoms with E-state index >= 15 is 0 Å². The van der Waals surface area contributed by atoms with Gasteiger partial charge in [0.05, 0.1) is 28.6 Å².